The molecule has 2 aromatic carbocycles. The van der Waals surface area contributed by atoms with E-state index in [4.69, 9.17) is 5.73 Å². The molecule has 0 heterocycles. The fourth-order valence-corrected chi connectivity index (χ4v) is 4.86. The molecule has 2 unspecified atom stereocenters. The lowest BCUT2D eigenvalue weighted by Gasteiger charge is -2.33. The van der Waals surface area contributed by atoms with E-state index >= 15 is 0 Å². The molecule has 0 amide bonds. The molecule has 2 aromatic rings. The van der Waals surface area contributed by atoms with E-state index in [-0.39, 0.29) is 0 Å². The molecular weight excluding hydrogens is 328 g/mol. The van der Waals surface area contributed by atoms with Gasteiger partial charge in [-0.1, -0.05) is 54.4 Å². The van der Waals surface area contributed by atoms with E-state index in [1.165, 1.54) is 60.0 Å². The molecule has 1 saturated carbocycles. The monoisotopic (exact) mass is 364 g/mol. The fraction of sp³-hybridized carbons (Fsp3) is 0.520. The minimum Gasteiger partial charge on any atom is -0.330 e. The molecule has 0 radical (unpaired) electrons. The number of aryl methyl sites for hydroxylation is 3. The van der Waals surface area contributed by atoms with Crippen LogP contribution >= 0.6 is 0 Å². The first-order valence-electron chi connectivity index (χ1n) is 10.6. The highest BCUT2D eigenvalue weighted by molar-refractivity contribution is 5.37. The number of nitrogens with two attached hydrogens (primary N) is 1. The van der Waals surface area contributed by atoms with E-state index in [0.717, 1.165) is 31.5 Å². The molecule has 146 valence electrons. The molecule has 27 heavy (non-hydrogen) atoms. The molecule has 2 atom stereocenters. The zero-order chi connectivity index (χ0) is 19.2. The van der Waals surface area contributed by atoms with Crippen LogP contribution < -0.4 is 5.73 Å². The molecule has 1 fully saturated rings. The SMILES string of the molecule is Cc1cc(C)c(CN(Cc2ccccc2)CC2CCCC(CN)C2)c(C)c1. The van der Waals surface area contributed by atoms with Gasteiger partial charge in [0.2, 0.25) is 0 Å². The van der Waals surface area contributed by atoms with Gasteiger partial charge < -0.3 is 5.73 Å². The minimum atomic E-state index is 0.727. The summed E-state index contributed by atoms with van der Waals surface area (Å²) < 4.78 is 0. The normalized spacial score (nSPS) is 20.2. The lowest BCUT2D eigenvalue weighted by molar-refractivity contribution is 0.164. The van der Waals surface area contributed by atoms with Crippen molar-refractivity contribution in [2.75, 3.05) is 13.1 Å². The Morgan fingerprint density at radius 1 is 0.926 bits per heavy atom. The second-order valence-electron chi connectivity index (χ2n) is 8.67. The maximum Gasteiger partial charge on any atom is 0.0242 e. The van der Waals surface area contributed by atoms with Gasteiger partial charge in [0, 0.05) is 19.6 Å². The summed E-state index contributed by atoms with van der Waals surface area (Å²) in [5.74, 6) is 1.51. The van der Waals surface area contributed by atoms with E-state index < -0.39 is 0 Å². The largest absolute Gasteiger partial charge is 0.330 e. The van der Waals surface area contributed by atoms with E-state index in [9.17, 15) is 0 Å². The highest BCUT2D eigenvalue weighted by Crippen LogP contribution is 2.30. The van der Waals surface area contributed by atoms with Crippen molar-refractivity contribution in [3.05, 3.63) is 70.3 Å². The van der Waals surface area contributed by atoms with Gasteiger partial charge in [0.05, 0.1) is 0 Å². The van der Waals surface area contributed by atoms with Crippen molar-refractivity contribution in [1.29, 1.82) is 0 Å². The highest BCUT2D eigenvalue weighted by atomic mass is 15.1. The first-order valence-corrected chi connectivity index (χ1v) is 10.6. The first-order chi connectivity index (χ1) is 13.0. The Hall–Kier alpha value is -1.64. The Bertz CT molecular complexity index is 699. The Kier molecular flexibility index (Phi) is 7.09. The van der Waals surface area contributed by atoms with Crippen molar-refractivity contribution >= 4 is 0 Å². The average Bonchev–Trinajstić information content (AvgIpc) is 2.65. The number of rotatable bonds is 7. The predicted molar refractivity (Wildman–Crippen MR) is 116 cm³/mol. The van der Waals surface area contributed by atoms with E-state index in [1.807, 2.05) is 0 Å². The van der Waals surface area contributed by atoms with Crippen LogP contribution in [0, 0.1) is 32.6 Å². The minimum absolute atomic E-state index is 0.727. The molecular formula is C25H36N2. The summed E-state index contributed by atoms with van der Waals surface area (Å²) in [5, 5.41) is 0. The van der Waals surface area contributed by atoms with Crippen LogP contribution in [-0.2, 0) is 13.1 Å². The van der Waals surface area contributed by atoms with Crippen molar-refractivity contribution in [2.45, 2.75) is 59.5 Å². The smallest absolute Gasteiger partial charge is 0.0242 e. The van der Waals surface area contributed by atoms with Crippen molar-refractivity contribution in [1.82, 2.24) is 4.90 Å². The van der Waals surface area contributed by atoms with Gasteiger partial charge in [0.1, 0.15) is 0 Å². The lowest BCUT2D eigenvalue weighted by atomic mass is 9.81. The third-order valence-electron chi connectivity index (χ3n) is 6.21. The molecule has 1 aliphatic carbocycles. The van der Waals surface area contributed by atoms with Gasteiger partial charge in [0.25, 0.3) is 0 Å². The zero-order valence-corrected chi connectivity index (χ0v) is 17.4. The number of nitrogens with zero attached hydrogens (tertiary/aromatic N) is 1. The molecule has 0 aromatic heterocycles. The molecule has 0 bridgehead atoms. The maximum atomic E-state index is 5.98. The molecule has 2 nitrogen and oxygen atoms in total. The van der Waals surface area contributed by atoms with Crippen LogP contribution in [-0.4, -0.2) is 18.0 Å². The molecule has 0 aliphatic heterocycles. The molecule has 2 heteroatoms. The van der Waals surface area contributed by atoms with Gasteiger partial charge >= 0.3 is 0 Å². The molecule has 0 spiro atoms. The molecule has 2 N–H and O–H groups in total. The van der Waals surface area contributed by atoms with Crippen LogP contribution in [0.3, 0.4) is 0 Å². The Morgan fingerprint density at radius 2 is 1.59 bits per heavy atom. The summed E-state index contributed by atoms with van der Waals surface area (Å²) in [4.78, 5) is 2.67. The Morgan fingerprint density at radius 3 is 2.26 bits per heavy atom. The second-order valence-corrected chi connectivity index (χ2v) is 8.67. The van der Waals surface area contributed by atoms with Crippen molar-refractivity contribution in [2.24, 2.45) is 17.6 Å². The van der Waals surface area contributed by atoms with Gasteiger partial charge in [-0.15, -0.1) is 0 Å². The lowest BCUT2D eigenvalue weighted by Crippen LogP contribution is -2.33. The summed E-state index contributed by atoms with van der Waals surface area (Å²) >= 11 is 0. The Balaban J connectivity index is 1.77. The number of hydrogen-bond donors (Lipinski definition) is 1. The van der Waals surface area contributed by atoms with Crippen molar-refractivity contribution < 1.29 is 0 Å². The highest BCUT2D eigenvalue weighted by Gasteiger charge is 2.23. The van der Waals surface area contributed by atoms with Crippen molar-refractivity contribution in [3.63, 3.8) is 0 Å². The van der Waals surface area contributed by atoms with Crippen LogP contribution in [0.5, 0.6) is 0 Å². The van der Waals surface area contributed by atoms with E-state index in [1.54, 1.807) is 0 Å². The van der Waals surface area contributed by atoms with Crippen LogP contribution in [0.15, 0.2) is 42.5 Å². The summed E-state index contributed by atoms with van der Waals surface area (Å²) in [6.45, 7) is 10.8. The summed E-state index contributed by atoms with van der Waals surface area (Å²) in [6.07, 6.45) is 5.32. The van der Waals surface area contributed by atoms with Crippen molar-refractivity contribution in [3.8, 4) is 0 Å². The van der Waals surface area contributed by atoms with Gasteiger partial charge in [-0.3, -0.25) is 4.90 Å². The topological polar surface area (TPSA) is 29.3 Å². The van der Waals surface area contributed by atoms with Crippen LogP contribution in [0.4, 0.5) is 0 Å². The van der Waals surface area contributed by atoms with E-state index in [0.29, 0.717) is 0 Å². The third kappa shape index (κ3) is 5.67. The van der Waals surface area contributed by atoms with Gasteiger partial charge in [0.15, 0.2) is 0 Å². The van der Waals surface area contributed by atoms with Gasteiger partial charge in [-0.25, -0.2) is 0 Å². The summed E-state index contributed by atoms with van der Waals surface area (Å²) in [7, 11) is 0. The zero-order valence-electron chi connectivity index (χ0n) is 17.4. The first kappa shape index (κ1) is 20.1. The molecule has 1 aliphatic rings. The van der Waals surface area contributed by atoms with Crippen LogP contribution in [0.2, 0.25) is 0 Å². The average molecular weight is 365 g/mol. The van der Waals surface area contributed by atoms with Crippen LogP contribution in [0.1, 0.15) is 53.5 Å². The predicted octanol–water partition coefficient (Wildman–Crippen LogP) is 5.38. The Labute approximate surface area is 165 Å². The maximum absolute atomic E-state index is 5.98. The fourth-order valence-electron chi connectivity index (χ4n) is 4.86. The third-order valence-corrected chi connectivity index (χ3v) is 6.21. The van der Waals surface area contributed by atoms with Crippen LogP contribution in [0.25, 0.3) is 0 Å². The summed E-state index contributed by atoms with van der Waals surface area (Å²) in [6, 6.07) is 15.6. The summed E-state index contributed by atoms with van der Waals surface area (Å²) in [5.41, 5.74) is 13.1. The second kappa shape index (κ2) is 9.52. The standard InChI is InChI=1S/C25H36N2/c1-19-12-20(2)25(21(3)13-19)18-27(16-22-8-5-4-6-9-22)17-24-11-7-10-23(14-24)15-26/h4-6,8-9,12-13,23-24H,7,10-11,14-18,26H2,1-3H3. The molecule has 0 saturated heterocycles. The number of hydrogen-bond acceptors (Lipinski definition) is 2. The van der Waals surface area contributed by atoms with E-state index in [2.05, 4.69) is 68.1 Å². The van der Waals surface area contributed by atoms with Gasteiger partial charge in [-0.2, -0.15) is 0 Å². The quantitative estimate of drug-likeness (QED) is 0.715. The molecule has 3 rings (SSSR count). The van der Waals surface area contributed by atoms with Gasteiger partial charge in [-0.05, 0) is 80.7 Å². The number of benzene rings is 2.